The van der Waals surface area contributed by atoms with Crippen LogP contribution in [0.15, 0.2) is 43.1 Å². The first-order chi connectivity index (χ1) is 22.7. The Morgan fingerprint density at radius 3 is 2.72 bits per heavy atom. The molecule has 0 bridgehead atoms. The highest BCUT2D eigenvalue weighted by Crippen LogP contribution is 2.45. The molecule has 47 heavy (non-hydrogen) atoms. The van der Waals surface area contributed by atoms with E-state index in [4.69, 9.17) is 9.84 Å². The van der Waals surface area contributed by atoms with Crippen LogP contribution < -0.4 is 4.74 Å². The average molecular weight is 652 g/mol. The minimum atomic E-state index is -4.57. The molecule has 0 spiro atoms. The van der Waals surface area contributed by atoms with Crippen molar-refractivity contribution in [2.45, 2.75) is 81.8 Å². The summed E-state index contributed by atoms with van der Waals surface area (Å²) in [5.74, 6) is 0.00808. The molecule has 250 valence electrons. The van der Waals surface area contributed by atoms with Crippen LogP contribution in [-0.4, -0.2) is 90.1 Å². The molecule has 0 aromatic carbocycles. The molecule has 4 aromatic rings. The van der Waals surface area contributed by atoms with Crippen LogP contribution >= 0.6 is 0 Å². The van der Waals surface area contributed by atoms with E-state index in [1.54, 1.807) is 12.3 Å². The molecule has 14 heteroatoms. The highest BCUT2D eigenvalue weighted by atomic mass is 19.4. The van der Waals surface area contributed by atoms with Crippen LogP contribution in [0.2, 0.25) is 0 Å². The minimum absolute atomic E-state index is 0.00808. The fourth-order valence-electron chi connectivity index (χ4n) is 6.89. The summed E-state index contributed by atoms with van der Waals surface area (Å²) in [6, 6.07) is 7.29. The molecule has 0 amide bonds. The Kier molecular flexibility index (Phi) is 9.77. The summed E-state index contributed by atoms with van der Waals surface area (Å²) in [5, 5.41) is 24.2. The largest absolute Gasteiger partial charge is 0.474 e. The Balaban J connectivity index is 1.06. The van der Waals surface area contributed by atoms with E-state index < -0.39 is 17.4 Å². The molecule has 2 N–H and O–H groups in total. The summed E-state index contributed by atoms with van der Waals surface area (Å²) in [7, 11) is 1.87. The zero-order valence-corrected chi connectivity index (χ0v) is 26.5. The van der Waals surface area contributed by atoms with Gasteiger partial charge in [-0.15, -0.1) is 0 Å². The lowest BCUT2D eigenvalue weighted by Gasteiger charge is -2.52. The van der Waals surface area contributed by atoms with Crippen molar-refractivity contribution < 1.29 is 23.0 Å². The summed E-state index contributed by atoms with van der Waals surface area (Å²) in [6.45, 7) is 2.70. The summed E-state index contributed by atoms with van der Waals surface area (Å²) < 4.78 is 49.1. The van der Waals surface area contributed by atoms with Gasteiger partial charge in [0.15, 0.2) is 0 Å². The number of unbranched alkanes of at least 4 members (excludes halogenated alkanes) is 2. The normalized spacial score (nSPS) is 20.8. The molecule has 6 rings (SSSR count). The predicted octanol–water partition coefficient (Wildman–Crippen LogP) is 5.14. The molecule has 2 aliphatic rings. The average Bonchev–Trinajstić information content (AvgIpc) is 3.72. The number of likely N-dealkylation sites (tertiary alicyclic amines) is 1. The number of nitriles is 1. The second-order valence-electron chi connectivity index (χ2n) is 12.8. The molecule has 2 fully saturated rings. The number of aromatic nitrogens is 6. The molecule has 11 nitrogen and oxygen atoms in total. The number of rotatable bonds is 13. The number of aliphatic hydroxyl groups is 1. The van der Waals surface area contributed by atoms with Crippen molar-refractivity contribution in [2.75, 3.05) is 33.3 Å². The van der Waals surface area contributed by atoms with Gasteiger partial charge in [-0.05, 0) is 76.2 Å². The van der Waals surface area contributed by atoms with Gasteiger partial charge in [0, 0.05) is 61.7 Å². The number of fused-ring (bicyclic) bond motifs is 1. The number of nitrogens with one attached hydrogen (secondary N) is 1. The van der Waals surface area contributed by atoms with Crippen LogP contribution in [0.4, 0.5) is 13.2 Å². The number of aliphatic hydroxyl groups excluding tert-OH is 1. The lowest BCUT2D eigenvalue weighted by molar-refractivity contribution is -0.141. The van der Waals surface area contributed by atoms with Crippen LogP contribution in [0.1, 0.15) is 62.6 Å². The number of hydrogen-bond donors (Lipinski definition) is 2. The number of alkyl halides is 3. The van der Waals surface area contributed by atoms with Gasteiger partial charge in [0.1, 0.15) is 23.8 Å². The van der Waals surface area contributed by atoms with Gasteiger partial charge in [-0.25, -0.2) is 15.0 Å². The Hall–Kier alpha value is -4.06. The van der Waals surface area contributed by atoms with E-state index in [1.165, 1.54) is 6.33 Å². The number of aromatic amines is 1. The molecule has 1 saturated heterocycles. The van der Waals surface area contributed by atoms with Crippen molar-refractivity contribution in [3.05, 3.63) is 54.4 Å². The van der Waals surface area contributed by atoms with Crippen LogP contribution in [0.5, 0.6) is 5.88 Å². The summed E-state index contributed by atoms with van der Waals surface area (Å²) in [6.07, 6.45) is 7.98. The molecule has 0 unspecified atom stereocenters. The molecular weight excluding hydrogens is 611 g/mol. The van der Waals surface area contributed by atoms with Crippen molar-refractivity contribution in [1.29, 1.82) is 5.26 Å². The molecule has 5 heterocycles. The fourth-order valence-corrected chi connectivity index (χ4v) is 6.89. The number of ether oxygens (including phenoxy) is 1. The number of halogens is 3. The van der Waals surface area contributed by atoms with Gasteiger partial charge >= 0.3 is 6.18 Å². The Morgan fingerprint density at radius 2 is 1.98 bits per heavy atom. The smallest absolute Gasteiger partial charge is 0.433 e. The molecule has 0 atom stereocenters. The number of hydrogen-bond acceptors (Lipinski definition) is 9. The monoisotopic (exact) mass is 651 g/mol. The highest BCUT2D eigenvalue weighted by Gasteiger charge is 2.49. The first kappa shape index (κ1) is 32.9. The van der Waals surface area contributed by atoms with Gasteiger partial charge in [0.2, 0.25) is 5.88 Å². The summed E-state index contributed by atoms with van der Waals surface area (Å²) >= 11 is 0. The van der Waals surface area contributed by atoms with E-state index >= 15 is 0 Å². The van der Waals surface area contributed by atoms with E-state index in [1.807, 2.05) is 35.1 Å². The number of H-pyrrole nitrogens is 1. The number of nitrogens with zero attached hydrogens (tertiary/aromatic N) is 8. The summed E-state index contributed by atoms with van der Waals surface area (Å²) in [4.78, 5) is 20.0. The SMILES string of the molecule is CN(CCCCCO)Cc1cc(OC2CCN([C@H]3C[C@](CC#N)(n4cc(-c5ncnc6[nH]ccc56)cn4)C3)CC2)nc(C(F)(F)F)c1. The van der Waals surface area contributed by atoms with Gasteiger partial charge in [0.25, 0.3) is 0 Å². The second kappa shape index (κ2) is 14.0. The molecular formula is C33H40F3N9O2. The molecule has 1 aliphatic heterocycles. The first-order valence-corrected chi connectivity index (χ1v) is 16.2. The van der Waals surface area contributed by atoms with Crippen molar-refractivity contribution in [3.63, 3.8) is 0 Å². The van der Waals surface area contributed by atoms with Gasteiger partial charge in [-0.1, -0.05) is 0 Å². The fraction of sp³-hybridized carbons (Fsp3) is 0.545. The quantitative estimate of drug-likeness (QED) is 0.189. The maximum absolute atomic E-state index is 13.7. The third-order valence-corrected chi connectivity index (χ3v) is 9.42. The topological polar surface area (TPSA) is 132 Å². The zero-order valence-electron chi connectivity index (χ0n) is 26.5. The third-order valence-electron chi connectivity index (χ3n) is 9.42. The minimum Gasteiger partial charge on any atom is -0.474 e. The molecule has 0 radical (unpaired) electrons. The molecule has 1 aliphatic carbocycles. The van der Waals surface area contributed by atoms with E-state index in [2.05, 4.69) is 36.0 Å². The maximum atomic E-state index is 13.7. The van der Waals surface area contributed by atoms with Gasteiger partial charge in [-0.3, -0.25) is 9.58 Å². The Morgan fingerprint density at radius 1 is 1.17 bits per heavy atom. The van der Waals surface area contributed by atoms with E-state index in [9.17, 15) is 18.4 Å². The van der Waals surface area contributed by atoms with Crippen LogP contribution in [0.25, 0.3) is 22.3 Å². The van der Waals surface area contributed by atoms with Crippen LogP contribution in [0.3, 0.4) is 0 Å². The van der Waals surface area contributed by atoms with Crippen molar-refractivity contribution >= 4 is 11.0 Å². The van der Waals surface area contributed by atoms with Gasteiger partial charge in [0.05, 0.1) is 29.9 Å². The first-order valence-electron chi connectivity index (χ1n) is 16.2. The van der Waals surface area contributed by atoms with E-state index in [-0.39, 0.29) is 24.6 Å². The lowest BCUT2D eigenvalue weighted by atomic mass is 9.69. The van der Waals surface area contributed by atoms with Crippen molar-refractivity contribution in [3.8, 4) is 23.2 Å². The van der Waals surface area contributed by atoms with E-state index in [0.29, 0.717) is 37.8 Å². The highest BCUT2D eigenvalue weighted by molar-refractivity contribution is 5.90. The Labute approximate surface area is 271 Å². The van der Waals surface area contributed by atoms with Crippen LogP contribution in [-0.2, 0) is 18.3 Å². The van der Waals surface area contributed by atoms with Crippen molar-refractivity contribution in [2.24, 2.45) is 0 Å². The molecule has 1 saturated carbocycles. The predicted molar refractivity (Wildman–Crippen MR) is 168 cm³/mol. The number of piperidine rings is 1. The van der Waals surface area contributed by atoms with Gasteiger partial charge in [-0.2, -0.15) is 23.5 Å². The van der Waals surface area contributed by atoms with E-state index in [0.717, 1.165) is 73.7 Å². The summed E-state index contributed by atoms with van der Waals surface area (Å²) in [5.41, 5.74) is 1.57. The Bertz CT molecular complexity index is 1680. The maximum Gasteiger partial charge on any atom is 0.433 e. The van der Waals surface area contributed by atoms with Gasteiger partial charge < -0.3 is 19.7 Å². The number of pyridine rings is 1. The third kappa shape index (κ3) is 7.42. The van der Waals surface area contributed by atoms with Crippen LogP contribution in [0, 0.1) is 11.3 Å². The van der Waals surface area contributed by atoms with Crippen molar-refractivity contribution in [1.82, 2.24) is 39.5 Å². The second-order valence-corrected chi connectivity index (χ2v) is 12.8. The molecule has 4 aromatic heterocycles. The standard InChI is InChI=1S/C33H40F3N9O2/c1-43(11-3-2-4-14-46)20-23-15-28(33(34,35)36)42-29(16-23)47-26-6-12-44(13-7-26)25-17-32(18-25,8-9-37)45-21-24(19-41-45)30-27-5-10-38-31(27)40-22-39-30/h5,10,15-16,19,21-22,25-26,46H,2-4,6-8,11-14,17-18,20H2,1H3,(H,38,39,40)/t25-,32-. The lowest BCUT2D eigenvalue weighted by Crippen LogP contribution is -2.58. The zero-order chi connectivity index (χ0) is 33.0.